The first kappa shape index (κ1) is 34.4. The summed E-state index contributed by atoms with van der Waals surface area (Å²) in [7, 11) is -4.03. The maximum Gasteiger partial charge on any atom is 0.264 e. The minimum atomic E-state index is -4.03. The van der Waals surface area contributed by atoms with Crippen LogP contribution in [0, 0.1) is 23.6 Å². The number of hydrogen-bond donors (Lipinski definition) is 2. The summed E-state index contributed by atoms with van der Waals surface area (Å²) in [5.74, 6) is -1.35. The second kappa shape index (κ2) is 14.6. The predicted octanol–water partition coefficient (Wildman–Crippen LogP) is 6.81. The zero-order chi connectivity index (χ0) is 34.0. The first-order valence-corrected chi connectivity index (χ1v) is 18.7. The number of nitrogens with one attached hydrogen (secondary N) is 1. The Hall–Kier alpha value is -3.47. The zero-order valence-corrected chi connectivity index (χ0v) is 28.9. The fraction of sp³-hybridized carbons (Fsp3) is 0.459. The predicted molar refractivity (Wildman–Crippen MR) is 185 cm³/mol. The Morgan fingerprint density at radius 1 is 1.08 bits per heavy atom. The molecule has 2 N–H and O–H groups in total. The number of carbonyl (C=O) groups excluding carboxylic acids is 1. The Bertz CT molecular complexity index is 1790. The number of allylic oxidation sites excluding steroid dienone is 1. The highest BCUT2D eigenvalue weighted by Gasteiger charge is 2.42. The number of aromatic nitrogens is 1. The standard InChI is InChI=1S/C37H43ClFN3O5S/c1-23-6-5-8-34(43)36(31-20-40-16-15-32(31)39)30-13-10-27(30)21-42-17-4-3-7-25-18-29(38)12-9-28(25)22-47-35-14-11-26(19-33(35)42)37(44)41-48(45,46)24(23)2/h5,8-9,11-12,14-16,18-20,23-24,27,30,34,36,43H,3-4,6-7,10,13,17,21-22H2,1-2H3,(H,41,44)/b8-5+/t23-,24+,27-,30+,34+,36+/m0/s1. The summed E-state index contributed by atoms with van der Waals surface area (Å²) in [6, 6.07) is 12.2. The number of anilines is 1. The lowest BCUT2D eigenvalue weighted by atomic mass is 9.63. The minimum Gasteiger partial charge on any atom is -0.487 e. The molecule has 1 aliphatic carbocycles. The number of aryl methyl sites for hydroxylation is 1. The van der Waals surface area contributed by atoms with Gasteiger partial charge in [-0.2, -0.15) is 0 Å². The molecule has 256 valence electrons. The average molecular weight is 696 g/mol. The van der Waals surface area contributed by atoms with E-state index in [1.54, 1.807) is 44.2 Å². The van der Waals surface area contributed by atoms with Crippen molar-refractivity contribution in [3.05, 3.63) is 100 Å². The van der Waals surface area contributed by atoms with Crippen LogP contribution in [0.15, 0.2) is 67.0 Å². The summed E-state index contributed by atoms with van der Waals surface area (Å²) in [5.41, 5.74) is 3.45. The Kier molecular flexibility index (Phi) is 10.4. The van der Waals surface area contributed by atoms with Crippen LogP contribution in [0.5, 0.6) is 5.75 Å². The molecule has 6 atom stereocenters. The molecule has 2 aromatic carbocycles. The van der Waals surface area contributed by atoms with Gasteiger partial charge in [0.05, 0.1) is 17.0 Å². The number of fused-ring (bicyclic) bond motifs is 3. The molecule has 0 spiro atoms. The highest BCUT2D eigenvalue weighted by atomic mass is 35.5. The number of amides is 1. The summed E-state index contributed by atoms with van der Waals surface area (Å²) in [5, 5.41) is 11.4. The van der Waals surface area contributed by atoms with Crippen molar-refractivity contribution in [3.63, 3.8) is 0 Å². The van der Waals surface area contributed by atoms with E-state index in [9.17, 15) is 18.3 Å². The van der Waals surface area contributed by atoms with Crippen LogP contribution in [0.25, 0.3) is 0 Å². The van der Waals surface area contributed by atoms with Crippen LogP contribution in [0.2, 0.25) is 5.02 Å². The summed E-state index contributed by atoms with van der Waals surface area (Å²) in [4.78, 5) is 19.9. The zero-order valence-electron chi connectivity index (χ0n) is 27.3. The van der Waals surface area contributed by atoms with Crippen LogP contribution < -0.4 is 14.4 Å². The lowest BCUT2D eigenvalue weighted by Gasteiger charge is -2.46. The maximum absolute atomic E-state index is 15.3. The van der Waals surface area contributed by atoms with E-state index in [0.29, 0.717) is 48.1 Å². The van der Waals surface area contributed by atoms with E-state index in [-0.39, 0.29) is 23.3 Å². The van der Waals surface area contributed by atoms with Gasteiger partial charge in [0.25, 0.3) is 5.91 Å². The van der Waals surface area contributed by atoms with Crippen molar-refractivity contribution in [1.29, 1.82) is 0 Å². The number of nitrogens with zero attached hydrogens (tertiary/aromatic N) is 2. The molecule has 3 heterocycles. The molecular formula is C37H43ClFN3O5S. The van der Waals surface area contributed by atoms with Crippen molar-refractivity contribution in [3.8, 4) is 5.75 Å². The Morgan fingerprint density at radius 2 is 1.92 bits per heavy atom. The number of benzene rings is 2. The molecule has 48 heavy (non-hydrogen) atoms. The summed E-state index contributed by atoms with van der Waals surface area (Å²) in [6.45, 7) is 4.91. The van der Waals surface area contributed by atoms with Crippen LogP contribution in [-0.2, 0) is 23.1 Å². The molecule has 0 radical (unpaired) electrons. The van der Waals surface area contributed by atoms with Crippen LogP contribution in [0.4, 0.5) is 10.1 Å². The fourth-order valence-corrected chi connectivity index (χ4v) is 8.77. The monoisotopic (exact) mass is 695 g/mol. The molecule has 3 aliphatic rings. The largest absolute Gasteiger partial charge is 0.487 e. The summed E-state index contributed by atoms with van der Waals surface area (Å²) >= 11 is 6.34. The molecular weight excluding hydrogens is 653 g/mol. The van der Waals surface area contributed by atoms with Gasteiger partial charge in [-0.25, -0.2) is 17.5 Å². The molecule has 1 fully saturated rings. The molecule has 6 rings (SSSR count). The minimum absolute atomic E-state index is 0.0313. The topological polar surface area (TPSA) is 109 Å². The van der Waals surface area contributed by atoms with Crippen LogP contribution in [0.1, 0.15) is 78.9 Å². The van der Waals surface area contributed by atoms with E-state index in [1.165, 1.54) is 18.5 Å². The number of hydrogen-bond acceptors (Lipinski definition) is 7. The normalized spacial score (nSPS) is 28.6. The first-order chi connectivity index (χ1) is 23.0. The lowest BCUT2D eigenvalue weighted by molar-refractivity contribution is 0.0717. The van der Waals surface area contributed by atoms with Gasteiger partial charge in [-0.3, -0.25) is 9.78 Å². The third kappa shape index (κ3) is 7.40. The second-order valence-electron chi connectivity index (χ2n) is 13.5. The highest BCUT2D eigenvalue weighted by Crippen LogP contribution is 2.48. The number of sulfonamides is 1. The van der Waals surface area contributed by atoms with Gasteiger partial charge in [0.2, 0.25) is 10.0 Å². The number of halogens is 2. The Balaban J connectivity index is 1.43. The Labute approximate surface area is 287 Å². The van der Waals surface area contributed by atoms with Crippen molar-refractivity contribution in [2.24, 2.45) is 17.8 Å². The lowest BCUT2D eigenvalue weighted by Crippen LogP contribution is -2.44. The number of aliphatic hydroxyl groups excluding tert-OH is 1. The maximum atomic E-state index is 15.3. The van der Waals surface area contributed by atoms with Crippen LogP contribution in [-0.4, -0.2) is 48.9 Å². The van der Waals surface area contributed by atoms with E-state index in [0.717, 1.165) is 43.2 Å². The smallest absolute Gasteiger partial charge is 0.264 e. The molecule has 1 amide bonds. The van der Waals surface area contributed by atoms with Gasteiger partial charge in [0.15, 0.2) is 0 Å². The summed E-state index contributed by atoms with van der Waals surface area (Å²) < 4.78 is 50.8. The van der Waals surface area contributed by atoms with E-state index >= 15 is 4.39 Å². The summed E-state index contributed by atoms with van der Waals surface area (Å²) in [6.07, 6.45) is 9.97. The average Bonchev–Trinajstić information content (AvgIpc) is 3.08. The number of ether oxygens (including phenoxy) is 1. The fourth-order valence-electron chi connectivity index (χ4n) is 7.29. The quantitative estimate of drug-likeness (QED) is 0.269. The van der Waals surface area contributed by atoms with Crippen LogP contribution >= 0.6 is 11.6 Å². The number of aliphatic hydroxyl groups is 1. The van der Waals surface area contributed by atoms with Crippen molar-refractivity contribution >= 4 is 33.2 Å². The molecule has 1 saturated carbocycles. The van der Waals surface area contributed by atoms with Gasteiger partial charge in [-0.1, -0.05) is 36.7 Å². The first-order valence-electron chi connectivity index (χ1n) is 16.8. The van der Waals surface area contributed by atoms with E-state index in [1.807, 2.05) is 18.2 Å². The molecule has 2 bridgehead atoms. The SMILES string of the molecule is C[C@@H]1[C@@H](C)C/C=C/[C@@H](O)[C@@H](c2cnccc2F)[C@@H]2CC[C@H]2CN2CCCCc3cc(Cl)ccc3COc3ccc(cc32)C(=O)NS1(=O)=O. The third-order valence-corrected chi connectivity index (χ3v) is 12.7. The molecule has 2 aliphatic heterocycles. The number of carbonyl (C=O) groups is 1. The molecule has 0 unspecified atom stereocenters. The van der Waals surface area contributed by atoms with Crippen molar-refractivity contribution in [2.75, 3.05) is 18.0 Å². The van der Waals surface area contributed by atoms with E-state index in [2.05, 4.69) is 14.6 Å². The number of pyridine rings is 1. The van der Waals surface area contributed by atoms with Crippen molar-refractivity contribution in [2.45, 2.75) is 76.3 Å². The van der Waals surface area contributed by atoms with Gasteiger partial charge in [0, 0.05) is 47.6 Å². The molecule has 0 saturated heterocycles. The molecule has 1 aromatic heterocycles. The van der Waals surface area contributed by atoms with Gasteiger partial charge in [0.1, 0.15) is 18.2 Å². The molecule has 11 heteroatoms. The Morgan fingerprint density at radius 3 is 2.69 bits per heavy atom. The van der Waals surface area contributed by atoms with Crippen LogP contribution in [0.3, 0.4) is 0 Å². The van der Waals surface area contributed by atoms with Gasteiger partial charge in [-0.15, -0.1) is 0 Å². The van der Waals surface area contributed by atoms with E-state index in [4.69, 9.17) is 16.3 Å². The number of rotatable bonds is 1. The second-order valence-corrected chi connectivity index (χ2v) is 16.0. The van der Waals surface area contributed by atoms with Crippen molar-refractivity contribution in [1.82, 2.24) is 9.71 Å². The third-order valence-electron chi connectivity index (χ3n) is 10.5. The molecule has 3 aromatic rings. The van der Waals surface area contributed by atoms with Gasteiger partial charge >= 0.3 is 0 Å². The van der Waals surface area contributed by atoms with E-state index < -0.39 is 39.0 Å². The highest BCUT2D eigenvalue weighted by molar-refractivity contribution is 7.90. The van der Waals surface area contributed by atoms with Gasteiger partial charge in [-0.05, 0) is 111 Å². The van der Waals surface area contributed by atoms with Crippen molar-refractivity contribution < 1.29 is 27.4 Å². The van der Waals surface area contributed by atoms with Gasteiger partial charge < -0.3 is 14.7 Å². The molecule has 8 nitrogen and oxygen atoms in total.